The molecule has 1 rings (SSSR count). The van der Waals surface area contributed by atoms with Gasteiger partial charge in [0.05, 0.1) is 48.7 Å². The van der Waals surface area contributed by atoms with Crippen LogP contribution in [0.25, 0.3) is 0 Å². The zero-order valence-electron chi connectivity index (χ0n) is 41.7. The molecule has 0 aliphatic carbocycles. The average Bonchev–Trinajstić information content (AvgIpc) is 3.67. The van der Waals surface area contributed by atoms with Gasteiger partial charge in [-0.25, -0.2) is 8.78 Å². The van der Waals surface area contributed by atoms with Crippen molar-refractivity contribution in [1.82, 2.24) is 9.80 Å². The number of rotatable bonds is 30. The van der Waals surface area contributed by atoms with E-state index >= 15 is 8.78 Å². The lowest BCUT2D eigenvalue weighted by Gasteiger charge is -2.41. The van der Waals surface area contributed by atoms with Gasteiger partial charge in [0.1, 0.15) is 0 Å². The van der Waals surface area contributed by atoms with Gasteiger partial charge in [0.25, 0.3) is 0 Å². The third-order valence-electron chi connectivity index (χ3n) is 12.4. The van der Waals surface area contributed by atoms with Crippen LogP contribution in [-0.4, -0.2) is 158 Å². The normalized spacial score (nSPS) is 21.8. The Morgan fingerprint density at radius 1 is 0.458 bits per heavy atom. The summed E-state index contributed by atoms with van der Waals surface area (Å²) in [4.78, 5) is 0.593. The fourth-order valence-corrected chi connectivity index (χ4v) is 7.54. The van der Waals surface area contributed by atoms with E-state index < -0.39 is 145 Å². The van der Waals surface area contributed by atoms with Gasteiger partial charge >= 0.3 is 60.5 Å². The molecule has 1 saturated heterocycles. The van der Waals surface area contributed by atoms with Crippen molar-refractivity contribution in [3.8, 4) is 0 Å². The molecule has 5 atom stereocenters. The standard InChI is InChI=1S/C42H64F22N2O6/c1-27(2,23-65(19-16-31(9,10)70-21-18-29(5,6)68-13)24-33(43,37(49,50)51)71-41(61,62)35(45,46)39(55,56)57)22-32(11)26(14-15-30(7,8)69-20-17-28(3,4)67-12)66(32)25-34(44,38(52,53)54)72-42(63,64)36(47,48)40(58,59)60/h26H,14-25H2,1-13H3. The second-order valence-corrected chi connectivity index (χ2v) is 21.3. The minimum atomic E-state index is -7.43. The number of alkyl halides is 22. The van der Waals surface area contributed by atoms with E-state index in [1.807, 2.05) is 0 Å². The quantitative estimate of drug-likeness (QED) is 0.0521. The minimum Gasteiger partial charge on any atom is -0.379 e. The fraction of sp³-hybridized carbons (Fsp3) is 1.00. The third-order valence-corrected chi connectivity index (χ3v) is 12.4. The molecule has 0 spiro atoms. The molecule has 1 aliphatic heterocycles. The van der Waals surface area contributed by atoms with E-state index in [1.54, 1.807) is 27.7 Å². The van der Waals surface area contributed by atoms with Crippen LogP contribution in [0.3, 0.4) is 0 Å². The van der Waals surface area contributed by atoms with Crippen molar-refractivity contribution in [2.24, 2.45) is 5.41 Å². The van der Waals surface area contributed by atoms with Crippen LogP contribution in [0, 0.1) is 5.41 Å². The Hall–Kier alpha value is -1.86. The zero-order valence-corrected chi connectivity index (χ0v) is 41.7. The lowest BCUT2D eigenvalue weighted by atomic mass is 9.80. The Morgan fingerprint density at radius 2 is 0.819 bits per heavy atom. The van der Waals surface area contributed by atoms with E-state index in [-0.39, 0.29) is 37.4 Å². The van der Waals surface area contributed by atoms with Crippen molar-refractivity contribution in [3.63, 3.8) is 0 Å². The first-order chi connectivity index (χ1) is 31.4. The van der Waals surface area contributed by atoms with Crippen molar-refractivity contribution in [2.45, 2.75) is 209 Å². The first kappa shape index (κ1) is 68.2. The predicted molar refractivity (Wildman–Crippen MR) is 213 cm³/mol. The summed E-state index contributed by atoms with van der Waals surface area (Å²) in [5.74, 6) is -27.0. The fourth-order valence-electron chi connectivity index (χ4n) is 7.54. The molecule has 1 aliphatic rings. The summed E-state index contributed by atoms with van der Waals surface area (Å²) < 4.78 is 337. The number of ether oxygens (including phenoxy) is 6. The van der Waals surface area contributed by atoms with Crippen LogP contribution in [0.4, 0.5) is 96.6 Å². The van der Waals surface area contributed by atoms with Gasteiger partial charge in [-0.1, -0.05) is 13.8 Å². The summed E-state index contributed by atoms with van der Waals surface area (Å²) in [6.45, 7) is 7.70. The maximum Gasteiger partial charge on any atom is 0.462 e. The van der Waals surface area contributed by atoms with Crippen molar-refractivity contribution in [1.29, 1.82) is 0 Å². The van der Waals surface area contributed by atoms with Gasteiger partial charge in [-0.05, 0) is 106 Å². The summed E-state index contributed by atoms with van der Waals surface area (Å²) in [7, 11) is 2.72. The Morgan fingerprint density at radius 3 is 1.17 bits per heavy atom. The molecule has 0 aromatic carbocycles. The van der Waals surface area contributed by atoms with E-state index in [1.165, 1.54) is 41.9 Å². The summed E-state index contributed by atoms with van der Waals surface area (Å²) >= 11 is 0. The molecule has 5 unspecified atom stereocenters. The van der Waals surface area contributed by atoms with Crippen molar-refractivity contribution in [2.75, 3.05) is 53.6 Å². The number of methoxy groups -OCH3 is 2. The van der Waals surface area contributed by atoms with Crippen LogP contribution >= 0.6 is 0 Å². The molecule has 0 aromatic heterocycles. The van der Waals surface area contributed by atoms with E-state index in [2.05, 4.69) is 9.47 Å². The van der Waals surface area contributed by atoms with Crippen LogP contribution < -0.4 is 0 Å². The molecule has 30 heteroatoms. The van der Waals surface area contributed by atoms with Gasteiger partial charge in [0.2, 0.25) is 0 Å². The molecule has 432 valence electrons. The highest BCUT2D eigenvalue weighted by Gasteiger charge is 2.80. The highest BCUT2D eigenvalue weighted by Crippen LogP contribution is 2.57. The number of halogens is 22. The van der Waals surface area contributed by atoms with Crippen molar-refractivity contribution in [3.05, 3.63) is 0 Å². The van der Waals surface area contributed by atoms with Crippen LogP contribution in [0.1, 0.15) is 115 Å². The smallest absolute Gasteiger partial charge is 0.379 e. The van der Waals surface area contributed by atoms with E-state index in [0.29, 0.717) is 4.90 Å². The molecule has 0 radical (unpaired) electrons. The first-order valence-electron chi connectivity index (χ1n) is 21.8. The molecular weight excluding hydrogens is 1050 g/mol. The van der Waals surface area contributed by atoms with Crippen LogP contribution in [0.15, 0.2) is 0 Å². The van der Waals surface area contributed by atoms with Crippen LogP contribution in [0.2, 0.25) is 0 Å². The molecule has 0 bridgehead atoms. The lowest BCUT2D eigenvalue weighted by molar-refractivity contribution is -0.483. The minimum absolute atomic E-state index is 0.0369. The van der Waals surface area contributed by atoms with Crippen LogP contribution in [-0.2, 0) is 28.4 Å². The Bertz CT molecular complexity index is 1740. The highest BCUT2D eigenvalue weighted by molar-refractivity contribution is 5.17. The Labute approximate surface area is 403 Å². The maximum absolute atomic E-state index is 16.0. The van der Waals surface area contributed by atoms with E-state index in [0.717, 1.165) is 20.8 Å². The van der Waals surface area contributed by atoms with E-state index in [4.69, 9.17) is 18.9 Å². The van der Waals surface area contributed by atoms with Gasteiger partial charge in [-0.2, -0.15) is 87.8 Å². The van der Waals surface area contributed by atoms with Gasteiger partial charge in [-0.3, -0.25) is 19.3 Å². The second kappa shape index (κ2) is 21.9. The SMILES string of the molecule is COC(C)(C)CCOC(C)(C)CCC1N(CC(F)(OC(F)(F)C(F)(F)C(F)(F)F)C(F)(F)F)C1(C)CC(C)(C)CN(CCC(C)(C)OCCC(C)(C)OC)CC(F)(OC(F)(F)C(F)(F)C(F)(F)F)C(F)(F)F. The highest BCUT2D eigenvalue weighted by atomic mass is 19.4. The number of hydrogen-bond acceptors (Lipinski definition) is 8. The summed E-state index contributed by atoms with van der Waals surface area (Å²) in [5, 5.41) is 0. The molecular formula is C42H64F22N2O6. The Balaban J connectivity index is 3.96. The summed E-state index contributed by atoms with van der Waals surface area (Å²) in [5.41, 5.74) is -8.33. The summed E-state index contributed by atoms with van der Waals surface area (Å²) in [6, 6.07) is -1.56. The maximum atomic E-state index is 16.0. The van der Waals surface area contributed by atoms with Gasteiger partial charge in [0.15, 0.2) is 0 Å². The van der Waals surface area contributed by atoms with Crippen molar-refractivity contribution < 1.29 is 125 Å². The lowest BCUT2D eigenvalue weighted by Crippen LogP contribution is -2.62. The van der Waals surface area contributed by atoms with Gasteiger partial charge in [0, 0.05) is 38.9 Å². The third kappa shape index (κ3) is 17.3. The Kier molecular flexibility index (Phi) is 20.7. The van der Waals surface area contributed by atoms with Crippen LogP contribution in [0.5, 0.6) is 0 Å². The molecule has 8 nitrogen and oxygen atoms in total. The topological polar surface area (TPSA) is 61.6 Å². The van der Waals surface area contributed by atoms with Gasteiger partial charge in [-0.15, -0.1) is 0 Å². The molecule has 0 saturated carbocycles. The van der Waals surface area contributed by atoms with Gasteiger partial charge < -0.3 is 18.9 Å². The monoisotopic (exact) mass is 1110 g/mol. The molecule has 72 heavy (non-hydrogen) atoms. The average molecular weight is 1110 g/mol. The first-order valence-corrected chi connectivity index (χ1v) is 21.8. The molecule has 0 N–H and O–H groups in total. The number of nitrogens with zero attached hydrogens (tertiary/aromatic N) is 2. The summed E-state index contributed by atoms with van der Waals surface area (Å²) in [6.07, 6.45) is -44.4. The van der Waals surface area contributed by atoms with E-state index in [9.17, 15) is 87.8 Å². The van der Waals surface area contributed by atoms with Crippen molar-refractivity contribution >= 4 is 0 Å². The largest absolute Gasteiger partial charge is 0.462 e. The molecule has 1 heterocycles. The predicted octanol–water partition coefficient (Wildman–Crippen LogP) is 13.6. The molecule has 1 fully saturated rings. The molecule has 0 aromatic rings. The second-order valence-electron chi connectivity index (χ2n) is 21.3. The molecule has 0 amide bonds. The zero-order chi connectivity index (χ0) is 57.5. The number of hydrogen-bond donors (Lipinski definition) is 0.